The molecule has 1 rings (SSSR count). The van der Waals surface area contributed by atoms with Crippen LogP contribution in [0.15, 0.2) is 0 Å². The molecule has 0 bridgehead atoms. The van der Waals surface area contributed by atoms with Gasteiger partial charge in [0.1, 0.15) is 0 Å². The van der Waals surface area contributed by atoms with Gasteiger partial charge in [-0.15, -0.1) is 0 Å². The first kappa shape index (κ1) is 11.4. The van der Waals surface area contributed by atoms with Crippen LogP contribution in [0.1, 0.15) is 19.8 Å². The Balaban J connectivity index is 2.24. The number of carbonyl (C=O) groups excluding carboxylic acids is 1. The zero-order chi connectivity index (χ0) is 10.6. The van der Waals surface area contributed by atoms with Crippen molar-refractivity contribution in [3.05, 3.63) is 0 Å². The summed E-state index contributed by atoms with van der Waals surface area (Å²) in [4.78, 5) is 12.0. The number of thiocarbonyl (C=S) groups is 1. The van der Waals surface area contributed by atoms with Gasteiger partial charge in [-0.2, -0.15) is 0 Å². The van der Waals surface area contributed by atoms with Crippen molar-refractivity contribution in [2.24, 2.45) is 11.7 Å². The lowest BCUT2D eigenvalue weighted by molar-refractivity contribution is -0.126. The largest absolute Gasteiger partial charge is 0.393 e. The monoisotopic (exact) mass is 216 g/mol. The second-order valence-electron chi connectivity index (χ2n) is 3.48. The quantitative estimate of drug-likeness (QED) is 0.659. The predicted octanol–water partition coefficient (Wildman–Crippen LogP) is 0.204. The zero-order valence-electron chi connectivity index (χ0n) is 8.29. The molecule has 1 aliphatic heterocycles. The van der Waals surface area contributed by atoms with Gasteiger partial charge in [0.25, 0.3) is 0 Å². The van der Waals surface area contributed by atoms with Gasteiger partial charge in [0.2, 0.25) is 5.91 Å². The maximum Gasteiger partial charge on any atom is 0.225 e. The molecule has 0 aliphatic carbocycles. The lowest BCUT2D eigenvalue weighted by Crippen LogP contribution is -2.35. The first-order valence-corrected chi connectivity index (χ1v) is 5.19. The van der Waals surface area contributed by atoms with Gasteiger partial charge in [0.15, 0.2) is 0 Å². The van der Waals surface area contributed by atoms with Crippen LogP contribution in [0.25, 0.3) is 0 Å². The van der Waals surface area contributed by atoms with Crippen LogP contribution in [0.5, 0.6) is 0 Å². The Morgan fingerprint density at radius 2 is 2.43 bits per heavy atom. The molecule has 1 heterocycles. The molecule has 5 heteroatoms. The molecule has 0 radical (unpaired) electrons. The lowest BCUT2D eigenvalue weighted by atomic mass is 10.0. The number of rotatable bonds is 4. The molecule has 0 aromatic rings. The number of ether oxygens (including phenoxy) is 1. The van der Waals surface area contributed by atoms with Gasteiger partial charge in [0, 0.05) is 19.6 Å². The molecule has 2 atom stereocenters. The molecular weight excluding hydrogens is 200 g/mol. The Bertz CT molecular complexity index is 233. The van der Waals surface area contributed by atoms with E-state index < -0.39 is 0 Å². The molecule has 14 heavy (non-hydrogen) atoms. The van der Waals surface area contributed by atoms with Crippen molar-refractivity contribution in [1.29, 1.82) is 0 Å². The number of hydrogen-bond acceptors (Lipinski definition) is 3. The molecule has 1 amide bonds. The number of amides is 1. The highest BCUT2D eigenvalue weighted by molar-refractivity contribution is 7.80. The maximum absolute atomic E-state index is 11.6. The van der Waals surface area contributed by atoms with Crippen molar-refractivity contribution in [1.82, 2.24) is 5.32 Å². The minimum absolute atomic E-state index is 0.0126. The summed E-state index contributed by atoms with van der Waals surface area (Å²) in [6, 6.07) is 0. The van der Waals surface area contributed by atoms with E-state index in [0.29, 0.717) is 24.6 Å². The molecule has 4 nitrogen and oxygen atoms in total. The van der Waals surface area contributed by atoms with E-state index in [1.54, 1.807) is 0 Å². The molecule has 1 aliphatic rings. The van der Waals surface area contributed by atoms with Crippen LogP contribution in [0.3, 0.4) is 0 Å². The SMILES string of the molecule is CC1OCCC1C(=O)NCCC(N)=S. The van der Waals surface area contributed by atoms with Crippen LogP contribution in [0, 0.1) is 5.92 Å². The van der Waals surface area contributed by atoms with Gasteiger partial charge in [-0.3, -0.25) is 4.79 Å². The fourth-order valence-corrected chi connectivity index (χ4v) is 1.62. The third kappa shape index (κ3) is 3.23. The van der Waals surface area contributed by atoms with E-state index in [2.05, 4.69) is 5.32 Å². The molecular formula is C9H16N2O2S. The van der Waals surface area contributed by atoms with Gasteiger partial charge in [0.05, 0.1) is 17.0 Å². The van der Waals surface area contributed by atoms with Gasteiger partial charge in [-0.25, -0.2) is 0 Å². The fraction of sp³-hybridized carbons (Fsp3) is 0.778. The Labute approximate surface area is 89.2 Å². The van der Waals surface area contributed by atoms with Gasteiger partial charge in [-0.05, 0) is 13.3 Å². The molecule has 2 unspecified atom stereocenters. The van der Waals surface area contributed by atoms with E-state index in [-0.39, 0.29) is 17.9 Å². The lowest BCUT2D eigenvalue weighted by Gasteiger charge is -2.13. The number of nitrogens with two attached hydrogens (primary N) is 1. The highest BCUT2D eigenvalue weighted by atomic mass is 32.1. The van der Waals surface area contributed by atoms with E-state index in [1.807, 2.05) is 6.92 Å². The van der Waals surface area contributed by atoms with E-state index >= 15 is 0 Å². The molecule has 0 saturated carbocycles. The van der Waals surface area contributed by atoms with Crippen molar-refractivity contribution in [3.63, 3.8) is 0 Å². The van der Waals surface area contributed by atoms with Crippen molar-refractivity contribution in [2.75, 3.05) is 13.2 Å². The van der Waals surface area contributed by atoms with Crippen molar-refractivity contribution in [3.8, 4) is 0 Å². The summed E-state index contributed by atoms with van der Waals surface area (Å²) in [5, 5.41) is 2.80. The van der Waals surface area contributed by atoms with Gasteiger partial charge >= 0.3 is 0 Å². The molecule has 0 spiro atoms. The van der Waals surface area contributed by atoms with E-state index in [1.165, 1.54) is 0 Å². The number of hydrogen-bond donors (Lipinski definition) is 2. The summed E-state index contributed by atoms with van der Waals surface area (Å²) >= 11 is 4.71. The summed E-state index contributed by atoms with van der Waals surface area (Å²) in [5.41, 5.74) is 5.31. The Hall–Kier alpha value is -0.680. The minimum Gasteiger partial charge on any atom is -0.393 e. The third-order valence-corrected chi connectivity index (χ3v) is 2.59. The zero-order valence-corrected chi connectivity index (χ0v) is 9.10. The summed E-state index contributed by atoms with van der Waals surface area (Å²) in [5.74, 6) is 0.0348. The van der Waals surface area contributed by atoms with Crippen LogP contribution >= 0.6 is 12.2 Å². The molecule has 3 N–H and O–H groups in total. The summed E-state index contributed by atoms with van der Waals surface area (Å²) in [7, 11) is 0. The van der Waals surface area contributed by atoms with Crippen LogP contribution in [0.2, 0.25) is 0 Å². The third-order valence-electron chi connectivity index (χ3n) is 2.38. The van der Waals surface area contributed by atoms with Gasteiger partial charge in [-0.1, -0.05) is 12.2 Å². The maximum atomic E-state index is 11.6. The summed E-state index contributed by atoms with van der Waals surface area (Å²) in [6.07, 6.45) is 1.39. The van der Waals surface area contributed by atoms with Crippen LogP contribution < -0.4 is 11.1 Å². The molecule has 0 aromatic heterocycles. The molecule has 1 saturated heterocycles. The number of nitrogens with one attached hydrogen (secondary N) is 1. The standard InChI is InChI=1S/C9H16N2O2S/c1-6-7(3-5-13-6)9(12)11-4-2-8(10)14/h6-7H,2-5H2,1H3,(H2,10,14)(H,11,12). The second kappa shape index (κ2) is 5.26. The first-order valence-electron chi connectivity index (χ1n) is 4.79. The second-order valence-corrected chi connectivity index (χ2v) is 4.00. The molecule has 0 aromatic carbocycles. The van der Waals surface area contributed by atoms with Crippen molar-refractivity contribution >= 4 is 23.1 Å². The number of carbonyl (C=O) groups is 1. The van der Waals surface area contributed by atoms with Crippen LogP contribution in [-0.2, 0) is 9.53 Å². The summed E-state index contributed by atoms with van der Waals surface area (Å²) in [6.45, 7) is 3.12. The van der Waals surface area contributed by atoms with Crippen LogP contribution in [-0.4, -0.2) is 30.2 Å². The smallest absolute Gasteiger partial charge is 0.225 e. The molecule has 1 fully saturated rings. The van der Waals surface area contributed by atoms with Crippen LogP contribution in [0.4, 0.5) is 0 Å². The fourth-order valence-electron chi connectivity index (χ4n) is 1.52. The molecule has 80 valence electrons. The van der Waals surface area contributed by atoms with Crippen molar-refractivity contribution < 1.29 is 9.53 Å². The highest BCUT2D eigenvalue weighted by Gasteiger charge is 2.30. The average molecular weight is 216 g/mol. The van der Waals surface area contributed by atoms with Gasteiger partial charge < -0.3 is 15.8 Å². The topological polar surface area (TPSA) is 64.3 Å². The predicted molar refractivity (Wildman–Crippen MR) is 57.9 cm³/mol. The Morgan fingerprint density at radius 3 is 2.93 bits per heavy atom. The first-order chi connectivity index (χ1) is 6.61. The Kier molecular flexibility index (Phi) is 4.28. The highest BCUT2D eigenvalue weighted by Crippen LogP contribution is 2.20. The van der Waals surface area contributed by atoms with E-state index in [0.717, 1.165) is 6.42 Å². The average Bonchev–Trinajstić information content (AvgIpc) is 2.50. The Morgan fingerprint density at radius 1 is 1.71 bits per heavy atom. The van der Waals surface area contributed by atoms with E-state index in [4.69, 9.17) is 22.7 Å². The minimum atomic E-state index is -0.0126. The normalized spacial score (nSPS) is 26.1. The van der Waals surface area contributed by atoms with E-state index in [9.17, 15) is 4.79 Å². The summed E-state index contributed by atoms with van der Waals surface area (Å²) < 4.78 is 5.30. The van der Waals surface area contributed by atoms with Crippen molar-refractivity contribution in [2.45, 2.75) is 25.9 Å².